The molecule has 0 aromatic heterocycles. The Kier molecular flexibility index (Phi) is 4.28. The maximum Gasteiger partial charge on any atom is 0.229 e. The van der Waals surface area contributed by atoms with Crippen LogP contribution < -0.4 is 5.73 Å². The summed E-state index contributed by atoms with van der Waals surface area (Å²) in [6, 6.07) is 0.0298. The zero-order valence-corrected chi connectivity index (χ0v) is 11.7. The molecule has 1 saturated heterocycles. The number of nitrogens with zero attached hydrogens (tertiary/aromatic N) is 1. The van der Waals surface area contributed by atoms with Crippen molar-refractivity contribution < 1.29 is 9.53 Å². The van der Waals surface area contributed by atoms with Crippen LogP contribution in [-0.2, 0) is 9.53 Å². The third-order valence-corrected chi connectivity index (χ3v) is 4.74. The molecule has 0 spiro atoms. The minimum absolute atomic E-state index is 0.0298. The maximum absolute atomic E-state index is 12.6. The van der Waals surface area contributed by atoms with E-state index < -0.39 is 0 Å². The Bertz CT molecular complexity index is 302. The number of rotatable bonds is 3. The van der Waals surface area contributed by atoms with Crippen LogP contribution in [0.1, 0.15) is 39.0 Å². The van der Waals surface area contributed by atoms with Crippen molar-refractivity contribution >= 4 is 5.91 Å². The van der Waals surface area contributed by atoms with Crippen LogP contribution in [0.2, 0.25) is 0 Å². The van der Waals surface area contributed by atoms with Gasteiger partial charge in [0.1, 0.15) is 0 Å². The van der Waals surface area contributed by atoms with Crippen molar-refractivity contribution in [1.82, 2.24) is 4.90 Å². The van der Waals surface area contributed by atoms with E-state index in [4.69, 9.17) is 10.5 Å². The number of nitrogens with two attached hydrogens (primary N) is 1. The van der Waals surface area contributed by atoms with E-state index in [1.165, 1.54) is 0 Å². The van der Waals surface area contributed by atoms with E-state index in [2.05, 4.69) is 0 Å². The fraction of sp³-hybridized carbons (Fsp3) is 0.929. The molecule has 0 aromatic rings. The third-order valence-electron chi connectivity index (χ3n) is 4.74. The summed E-state index contributed by atoms with van der Waals surface area (Å²) in [6.45, 7) is 4.56. The van der Waals surface area contributed by atoms with Crippen molar-refractivity contribution in [2.24, 2.45) is 17.1 Å². The average molecular weight is 254 g/mol. The SMILES string of the molecule is CN(CC1CCOCC1)C(=O)C1(C)CCCC1N. The lowest BCUT2D eigenvalue weighted by Gasteiger charge is -2.35. The molecule has 1 aliphatic heterocycles. The predicted octanol–water partition coefficient (Wildman–Crippen LogP) is 1.39. The number of amides is 1. The van der Waals surface area contributed by atoms with Crippen LogP contribution in [-0.4, -0.2) is 43.7 Å². The van der Waals surface area contributed by atoms with Gasteiger partial charge in [-0.1, -0.05) is 6.42 Å². The molecule has 2 atom stereocenters. The lowest BCUT2D eigenvalue weighted by Crippen LogP contribution is -2.49. The Balaban J connectivity index is 1.91. The molecule has 18 heavy (non-hydrogen) atoms. The van der Waals surface area contributed by atoms with Gasteiger partial charge < -0.3 is 15.4 Å². The normalized spacial score (nSPS) is 33.6. The van der Waals surface area contributed by atoms with Gasteiger partial charge in [0.05, 0.1) is 5.41 Å². The Labute approximate surface area is 110 Å². The van der Waals surface area contributed by atoms with Crippen molar-refractivity contribution in [3.05, 3.63) is 0 Å². The molecule has 1 heterocycles. The van der Waals surface area contributed by atoms with Crippen molar-refractivity contribution in [2.45, 2.75) is 45.1 Å². The van der Waals surface area contributed by atoms with Gasteiger partial charge >= 0.3 is 0 Å². The van der Waals surface area contributed by atoms with Crippen molar-refractivity contribution in [3.8, 4) is 0 Å². The van der Waals surface area contributed by atoms with Crippen LogP contribution >= 0.6 is 0 Å². The fourth-order valence-electron chi connectivity index (χ4n) is 3.29. The summed E-state index contributed by atoms with van der Waals surface area (Å²) < 4.78 is 5.35. The van der Waals surface area contributed by atoms with E-state index in [0.29, 0.717) is 5.92 Å². The molecule has 2 aliphatic rings. The van der Waals surface area contributed by atoms with E-state index in [1.807, 2.05) is 18.9 Å². The van der Waals surface area contributed by atoms with Gasteiger partial charge in [0.25, 0.3) is 0 Å². The molecule has 0 bridgehead atoms. The summed E-state index contributed by atoms with van der Waals surface area (Å²) in [5.41, 5.74) is 5.78. The van der Waals surface area contributed by atoms with Gasteiger partial charge in [-0.2, -0.15) is 0 Å². The lowest BCUT2D eigenvalue weighted by molar-refractivity contribution is -0.141. The van der Waals surface area contributed by atoms with Crippen molar-refractivity contribution in [2.75, 3.05) is 26.8 Å². The summed E-state index contributed by atoms with van der Waals surface area (Å²) in [7, 11) is 1.92. The Morgan fingerprint density at radius 2 is 2.06 bits per heavy atom. The largest absolute Gasteiger partial charge is 0.381 e. The molecule has 0 aromatic carbocycles. The number of ether oxygens (including phenoxy) is 1. The number of carbonyl (C=O) groups is 1. The number of hydrogen-bond acceptors (Lipinski definition) is 3. The Morgan fingerprint density at radius 3 is 2.61 bits per heavy atom. The van der Waals surface area contributed by atoms with Crippen LogP contribution in [0.3, 0.4) is 0 Å². The molecule has 4 heteroatoms. The minimum Gasteiger partial charge on any atom is -0.381 e. The van der Waals surface area contributed by atoms with Crippen LogP contribution in [0.15, 0.2) is 0 Å². The van der Waals surface area contributed by atoms with E-state index in [-0.39, 0.29) is 17.4 Å². The van der Waals surface area contributed by atoms with Crippen molar-refractivity contribution in [3.63, 3.8) is 0 Å². The second-order valence-electron chi connectivity index (χ2n) is 6.16. The van der Waals surface area contributed by atoms with Crippen LogP contribution in [0, 0.1) is 11.3 Å². The molecule has 0 radical (unpaired) electrons. The molecule has 2 unspecified atom stereocenters. The fourth-order valence-corrected chi connectivity index (χ4v) is 3.29. The predicted molar refractivity (Wildman–Crippen MR) is 71.1 cm³/mol. The molecule has 1 aliphatic carbocycles. The zero-order chi connectivity index (χ0) is 13.2. The summed E-state index contributed by atoms with van der Waals surface area (Å²) in [4.78, 5) is 14.5. The van der Waals surface area contributed by atoms with Gasteiger partial charge in [0, 0.05) is 32.8 Å². The highest BCUT2D eigenvalue weighted by Crippen LogP contribution is 2.38. The third kappa shape index (κ3) is 2.69. The molecule has 2 rings (SSSR count). The monoisotopic (exact) mass is 254 g/mol. The molecule has 1 amide bonds. The smallest absolute Gasteiger partial charge is 0.229 e. The van der Waals surface area contributed by atoms with Crippen LogP contribution in [0.25, 0.3) is 0 Å². The van der Waals surface area contributed by atoms with E-state index in [0.717, 1.165) is 51.9 Å². The standard InChI is InChI=1S/C14H26N2O2/c1-14(7-3-4-12(14)15)13(17)16(2)10-11-5-8-18-9-6-11/h11-12H,3-10,15H2,1-2H3. The summed E-state index contributed by atoms with van der Waals surface area (Å²) in [5.74, 6) is 0.827. The van der Waals surface area contributed by atoms with Crippen LogP contribution in [0.5, 0.6) is 0 Å². The average Bonchev–Trinajstić information content (AvgIpc) is 2.71. The Morgan fingerprint density at radius 1 is 1.39 bits per heavy atom. The molecule has 2 fully saturated rings. The highest BCUT2D eigenvalue weighted by atomic mass is 16.5. The summed E-state index contributed by atoms with van der Waals surface area (Å²) >= 11 is 0. The van der Waals surface area contributed by atoms with Gasteiger partial charge in [-0.15, -0.1) is 0 Å². The molecule has 4 nitrogen and oxygen atoms in total. The first kappa shape index (κ1) is 13.8. The van der Waals surface area contributed by atoms with Gasteiger partial charge in [-0.3, -0.25) is 4.79 Å². The highest BCUT2D eigenvalue weighted by Gasteiger charge is 2.44. The molecule has 104 valence electrons. The first-order chi connectivity index (χ1) is 8.54. The van der Waals surface area contributed by atoms with E-state index in [9.17, 15) is 4.79 Å². The second-order valence-corrected chi connectivity index (χ2v) is 6.16. The topological polar surface area (TPSA) is 55.6 Å². The van der Waals surface area contributed by atoms with Gasteiger partial charge in [0.15, 0.2) is 0 Å². The van der Waals surface area contributed by atoms with Gasteiger partial charge in [-0.25, -0.2) is 0 Å². The van der Waals surface area contributed by atoms with Gasteiger partial charge in [0.2, 0.25) is 5.91 Å². The summed E-state index contributed by atoms with van der Waals surface area (Å²) in [5, 5.41) is 0. The zero-order valence-electron chi connectivity index (χ0n) is 11.7. The van der Waals surface area contributed by atoms with E-state index in [1.54, 1.807) is 0 Å². The number of carbonyl (C=O) groups excluding carboxylic acids is 1. The quantitative estimate of drug-likeness (QED) is 0.828. The highest BCUT2D eigenvalue weighted by molar-refractivity contribution is 5.83. The Hall–Kier alpha value is -0.610. The second kappa shape index (κ2) is 5.57. The first-order valence-corrected chi connectivity index (χ1v) is 7.13. The maximum atomic E-state index is 12.6. The molecular formula is C14H26N2O2. The number of hydrogen-bond donors (Lipinski definition) is 1. The minimum atomic E-state index is -0.333. The van der Waals surface area contributed by atoms with Crippen molar-refractivity contribution in [1.29, 1.82) is 0 Å². The van der Waals surface area contributed by atoms with Gasteiger partial charge in [-0.05, 0) is 38.5 Å². The van der Waals surface area contributed by atoms with Crippen LogP contribution in [0.4, 0.5) is 0 Å². The summed E-state index contributed by atoms with van der Waals surface area (Å²) in [6.07, 6.45) is 5.13. The first-order valence-electron chi connectivity index (χ1n) is 7.13. The molecular weight excluding hydrogens is 228 g/mol. The molecule has 1 saturated carbocycles. The molecule has 2 N–H and O–H groups in total. The lowest BCUT2D eigenvalue weighted by atomic mass is 9.83. The van der Waals surface area contributed by atoms with E-state index >= 15 is 0 Å².